The van der Waals surface area contributed by atoms with Crippen LogP contribution in [0, 0.1) is 0 Å². The molecular formula is C10H14BrClN4O. The Kier molecular flexibility index (Phi) is 5.64. The Morgan fingerprint density at radius 2 is 2.29 bits per heavy atom. The number of hydrogen-bond donors (Lipinski definition) is 2. The van der Waals surface area contributed by atoms with Gasteiger partial charge in [-0.05, 0) is 29.3 Å². The number of amides is 1. The van der Waals surface area contributed by atoms with Crippen LogP contribution < -0.4 is 10.6 Å². The van der Waals surface area contributed by atoms with Gasteiger partial charge in [0.15, 0.2) is 0 Å². The molecule has 0 saturated carbocycles. The molecule has 0 bridgehead atoms. The van der Waals surface area contributed by atoms with Crippen molar-refractivity contribution in [2.24, 2.45) is 0 Å². The Morgan fingerprint density at radius 1 is 1.59 bits per heavy atom. The maximum absolute atomic E-state index is 11.6. The zero-order valence-electron chi connectivity index (χ0n) is 9.63. The fourth-order valence-electron chi connectivity index (χ4n) is 1.12. The van der Waals surface area contributed by atoms with Crippen LogP contribution in [0.2, 0.25) is 5.15 Å². The molecule has 0 aliphatic heterocycles. The molecule has 0 aliphatic carbocycles. The summed E-state index contributed by atoms with van der Waals surface area (Å²) < 4.78 is 0.553. The smallest absolute Gasteiger partial charge is 0.242 e. The van der Waals surface area contributed by atoms with E-state index in [1.807, 2.05) is 6.92 Å². The normalized spacial score (nSPS) is 12.0. The van der Waals surface area contributed by atoms with Crippen molar-refractivity contribution in [1.82, 2.24) is 15.3 Å². The summed E-state index contributed by atoms with van der Waals surface area (Å²) in [6.07, 6.45) is 2.24. The third-order valence-corrected chi connectivity index (χ3v) is 3.31. The molecule has 1 aromatic rings. The number of aromatic nitrogens is 2. The van der Waals surface area contributed by atoms with E-state index < -0.39 is 0 Å². The van der Waals surface area contributed by atoms with Gasteiger partial charge in [0.1, 0.15) is 23.3 Å². The fourth-order valence-corrected chi connectivity index (χ4v) is 1.57. The second-order valence-corrected chi connectivity index (χ2v) is 4.64. The molecule has 17 heavy (non-hydrogen) atoms. The third kappa shape index (κ3) is 4.12. The third-order valence-electron chi connectivity index (χ3n) is 2.04. The van der Waals surface area contributed by atoms with Crippen molar-refractivity contribution in [2.75, 3.05) is 11.9 Å². The van der Waals surface area contributed by atoms with Gasteiger partial charge in [0.2, 0.25) is 5.91 Å². The molecule has 0 spiro atoms. The maximum Gasteiger partial charge on any atom is 0.242 e. The summed E-state index contributed by atoms with van der Waals surface area (Å²) in [7, 11) is 0. The summed E-state index contributed by atoms with van der Waals surface area (Å²) in [4.78, 5) is 19.5. The number of carbonyl (C=O) groups is 1. The zero-order chi connectivity index (χ0) is 12.8. The van der Waals surface area contributed by atoms with E-state index in [4.69, 9.17) is 11.6 Å². The molecular weight excluding hydrogens is 307 g/mol. The number of nitrogens with zero attached hydrogens (tertiary/aromatic N) is 2. The van der Waals surface area contributed by atoms with Gasteiger partial charge in [-0.25, -0.2) is 9.97 Å². The SMILES string of the molecule is CCCNC(=O)C(C)Nc1ncnc(Cl)c1Br. The minimum atomic E-state index is -0.385. The molecule has 0 saturated heterocycles. The number of nitrogens with one attached hydrogen (secondary N) is 2. The predicted octanol–water partition coefficient (Wildman–Crippen LogP) is 2.22. The Bertz CT molecular complexity index is 402. The summed E-state index contributed by atoms with van der Waals surface area (Å²) in [5.74, 6) is 0.428. The van der Waals surface area contributed by atoms with Crippen LogP contribution in [-0.4, -0.2) is 28.5 Å². The number of carbonyl (C=O) groups excluding carboxylic acids is 1. The summed E-state index contributed by atoms with van der Waals surface area (Å²) >= 11 is 9.08. The van der Waals surface area contributed by atoms with Gasteiger partial charge in [-0.15, -0.1) is 0 Å². The lowest BCUT2D eigenvalue weighted by Crippen LogP contribution is -2.38. The van der Waals surface area contributed by atoms with Gasteiger partial charge in [-0.2, -0.15) is 0 Å². The summed E-state index contributed by atoms with van der Waals surface area (Å²) in [6, 6.07) is -0.385. The van der Waals surface area contributed by atoms with Crippen LogP contribution in [0.4, 0.5) is 5.82 Å². The summed E-state index contributed by atoms with van der Waals surface area (Å²) in [6.45, 7) is 4.42. The van der Waals surface area contributed by atoms with Crippen molar-refractivity contribution in [3.8, 4) is 0 Å². The monoisotopic (exact) mass is 320 g/mol. The topological polar surface area (TPSA) is 66.9 Å². The lowest BCUT2D eigenvalue weighted by molar-refractivity contribution is -0.121. The van der Waals surface area contributed by atoms with Gasteiger partial charge in [0.25, 0.3) is 0 Å². The van der Waals surface area contributed by atoms with Crippen LogP contribution in [0.3, 0.4) is 0 Å². The van der Waals surface area contributed by atoms with Gasteiger partial charge in [-0.1, -0.05) is 18.5 Å². The summed E-state index contributed by atoms with van der Waals surface area (Å²) in [5.41, 5.74) is 0. The largest absolute Gasteiger partial charge is 0.358 e. The highest BCUT2D eigenvalue weighted by molar-refractivity contribution is 9.10. The minimum absolute atomic E-state index is 0.0755. The van der Waals surface area contributed by atoms with Gasteiger partial charge in [0, 0.05) is 6.54 Å². The van der Waals surface area contributed by atoms with Crippen LogP contribution in [0.15, 0.2) is 10.8 Å². The first-order chi connectivity index (χ1) is 8.06. The second-order valence-electron chi connectivity index (χ2n) is 3.48. The molecule has 0 aliphatic rings. The molecule has 0 radical (unpaired) electrons. The Hall–Kier alpha value is -0.880. The van der Waals surface area contributed by atoms with E-state index >= 15 is 0 Å². The quantitative estimate of drug-likeness (QED) is 0.816. The van der Waals surface area contributed by atoms with Crippen molar-refractivity contribution in [3.05, 3.63) is 16.0 Å². The average molecular weight is 322 g/mol. The summed E-state index contributed by atoms with van der Waals surface area (Å²) in [5, 5.41) is 6.07. The first-order valence-corrected chi connectivity index (χ1v) is 6.43. The van der Waals surface area contributed by atoms with Gasteiger partial charge in [-0.3, -0.25) is 4.79 Å². The number of anilines is 1. The van der Waals surface area contributed by atoms with Crippen molar-refractivity contribution in [2.45, 2.75) is 26.3 Å². The highest BCUT2D eigenvalue weighted by Gasteiger charge is 2.15. The first-order valence-electron chi connectivity index (χ1n) is 5.26. The Morgan fingerprint density at radius 3 is 2.94 bits per heavy atom. The van der Waals surface area contributed by atoms with Crippen LogP contribution in [0.25, 0.3) is 0 Å². The first kappa shape index (κ1) is 14.2. The molecule has 1 heterocycles. The highest BCUT2D eigenvalue weighted by atomic mass is 79.9. The second kappa shape index (κ2) is 6.76. The lowest BCUT2D eigenvalue weighted by Gasteiger charge is -2.15. The predicted molar refractivity (Wildman–Crippen MR) is 71.1 cm³/mol. The van der Waals surface area contributed by atoms with E-state index in [9.17, 15) is 4.79 Å². The van der Waals surface area contributed by atoms with Gasteiger partial charge < -0.3 is 10.6 Å². The molecule has 1 amide bonds. The van der Waals surface area contributed by atoms with E-state index in [2.05, 4.69) is 36.5 Å². The van der Waals surface area contributed by atoms with Crippen LogP contribution in [0.1, 0.15) is 20.3 Å². The number of rotatable bonds is 5. The molecule has 0 fully saturated rings. The number of hydrogen-bond acceptors (Lipinski definition) is 4. The van der Waals surface area contributed by atoms with Gasteiger partial charge in [0.05, 0.1) is 4.47 Å². The van der Waals surface area contributed by atoms with Crippen LogP contribution >= 0.6 is 27.5 Å². The Labute approximate surface area is 113 Å². The molecule has 7 heteroatoms. The molecule has 1 aromatic heterocycles. The van der Waals surface area contributed by atoms with Crippen LogP contribution in [0.5, 0.6) is 0 Å². The highest BCUT2D eigenvalue weighted by Crippen LogP contribution is 2.26. The molecule has 1 unspecified atom stereocenters. The molecule has 5 nitrogen and oxygen atoms in total. The zero-order valence-corrected chi connectivity index (χ0v) is 12.0. The lowest BCUT2D eigenvalue weighted by atomic mass is 10.3. The van der Waals surface area contributed by atoms with E-state index in [1.54, 1.807) is 6.92 Å². The van der Waals surface area contributed by atoms with Crippen molar-refractivity contribution in [3.63, 3.8) is 0 Å². The molecule has 0 aromatic carbocycles. The average Bonchev–Trinajstić information content (AvgIpc) is 2.31. The fraction of sp³-hybridized carbons (Fsp3) is 0.500. The number of halogens is 2. The van der Waals surface area contributed by atoms with Gasteiger partial charge >= 0.3 is 0 Å². The van der Waals surface area contributed by atoms with Crippen LogP contribution in [-0.2, 0) is 4.79 Å². The van der Waals surface area contributed by atoms with Crippen molar-refractivity contribution in [1.29, 1.82) is 0 Å². The van der Waals surface area contributed by atoms with E-state index in [0.717, 1.165) is 6.42 Å². The minimum Gasteiger partial charge on any atom is -0.358 e. The Balaban J connectivity index is 2.64. The van der Waals surface area contributed by atoms with Crippen molar-refractivity contribution < 1.29 is 4.79 Å². The van der Waals surface area contributed by atoms with E-state index in [1.165, 1.54) is 6.33 Å². The molecule has 1 rings (SSSR count). The van der Waals surface area contributed by atoms with Crippen molar-refractivity contribution >= 4 is 39.3 Å². The van der Waals surface area contributed by atoms with E-state index in [-0.39, 0.29) is 11.9 Å². The maximum atomic E-state index is 11.6. The molecule has 2 N–H and O–H groups in total. The standard InChI is InChI=1S/C10H14BrClN4O/c1-3-4-13-10(17)6(2)16-9-7(11)8(12)14-5-15-9/h5-6H,3-4H2,1-2H3,(H,13,17)(H,14,15,16). The molecule has 94 valence electrons. The van der Waals surface area contributed by atoms with E-state index in [0.29, 0.717) is 22.0 Å². The molecule has 1 atom stereocenters.